The maximum absolute atomic E-state index is 11.6. The first-order valence-corrected chi connectivity index (χ1v) is 10.3. The van der Waals surface area contributed by atoms with E-state index in [0.29, 0.717) is 18.2 Å². The Hall–Kier alpha value is -2.17. The minimum atomic E-state index is -0.584. The quantitative estimate of drug-likeness (QED) is 0.510. The van der Waals surface area contributed by atoms with Crippen molar-refractivity contribution in [2.24, 2.45) is 0 Å². The summed E-state index contributed by atoms with van der Waals surface area (Å²) in [6.45, 7) is 2.72. The second-order valence-corrected chi connectivity index (χ2v) is 8.08. The molecule has 0 saturated carbocycles. The lowest BCUT2D eigenvalue weighted by Crippen LogP contribution is -2.07. The van der Waals surface area contributed by atoms with Gasteiger partial charge in [0.2, 0.25) is 0 Å². The van der Waals surface area contributed by atoms with Gasteiger partial charge in [0.05, 0.1) is 13.0 Å². The smallest absolute Gasteiger partial charge is 0.310 e. The van der Waals surface area contributed by atoms with Gasteiger partial charge in [-0.25, -0.2) is 0 Å². The molecule has 2 aromatic rings. The van der Waals surface area contributed by atoms with Crippen LogP contribution in [0.2, 0.25) is 5.02 Å². The Balaban J connectivity index is 1.63. The molecule has 3 nitrogen and oxygen atoms in total. The average molecular weight is 389 g/mol. The number of hydrogen-bond acceptors (Lipinski definition) is 3. The summed E-state index contributed by atoms with van der Waals surface area (Å²) in [5, 5.41) is 4.87. The van der Waals surface area contributed by atoms with Gasteiger partial charge in [0, 0.05) is 10.4 Å². The van der Waals surface area contributed by atoms with Crippen LogP contribution in [0.15, 0.2) is 76.1 Å². The van der Waals surface area contributed by atoms with Gasteiger partial charge in [-0.2, -0.15) is 10.9 Å². The van der Waals surface area contributed by atoms with Crippen molar-refractivity contribution in [1.82, 2.24) is 0 Å². The summed E-state index contributed by atoms with van der Waals surface area (Å²) in [6.07, 6.45) is 2.21. The van der Waals surface area contributed by atoms with E-state index in [2.05, 4.69) is 10.8 Å². The molecule has 1 aliphatic heterocycles. The number of thiol groups is 1. The van der Waals surface area contributed by atoms with Gasteiger partial charge in [-0.15, -0.1) is 0 Å². The molecule has 3 rings (SSSR count). The zero-order valence-electron chi connectivity index (χ0n) is 14.5. The predicted molar refractivity (Wildman–Crippen MR) is 107 cm³/mol. The number of carbonyl (C=O) groups is 1. The molecule has 0 bridgehead atoms. The number of ether oxygens (including phenoxy) is 2. The normalized spacial score (nSPS) is 17.0. The Morgan fingerprint density at radius 1 is 1.15 bits per heavy atom. The molecule has 1 unspecified atom stereocenters. The number of esters is 1. The van der Waals surface area contributed by atoms with E-state index < -0.39 is 10.9 Å². The molecule has 5 heteroatoms. The highest BCUT2D eigenvalue weighted by molar-refractivity contribution is 8.22. The number of rotatable bonds is 7. The van der Waals surface area contributed by atoms with E-state index in [9.17, 15) is 4.79 Å². The highest BCUT2D eigenvalue weighted by atomic mass is 35.5. The first-order valence-electron chi connectivity index (χ1n) is 8.45. The highest BCUT2D eigenvalue weighted by Crippen LogP contribution is 2.45. The van der Waals surface area contributed by atoms with E-state index in [4.69, 9.17) is 21.1 Å². The van der Waals surface area contributed by atoms with E-state index in [1.54, 1.807) is 6.92 Å². The van der Waals surface area contributed by atoms with Crippen LogP contribution < -0.4 is 0 Å². The number of halogens is 1. The molecule has 1 atom stereocenters. The summed E-state index contributed by atoms with van der Waals surface area (Å²) in [7, 11) is -0.584. The Morgan fingerprint density at radius 3 is 2.69 bits per heavy atom. The Morgan fingerprint density at radius 2 is 1.96 bits per heavy atom. The molecule has 0 aromatic heterocycles. The third-order valence-corrected chi connectivity index (χ3v) is 6.12. The lowest BCUT2D eigenvalue weighted by Gasteiger charge is -2.13. The molecule has 1 aliphatic rings. The van der Waals surface area contributed by atoms with Crippen LogP contribution in [-0.2, 0) is 27.3 Å². The van der Waals surface area contributed by atoms with Gasteiger partial charge in [-0.1, -0.05) is 48.0 Å². The van der Waals surface area contributed by atoms with Crippen molar-refractivity contribution in [3.05, 3.63) is 87.3 Å². The summed E-state index contributed by atoms with van der Waals surface area (Å²) in [5.74, 6) is 0.622. The van der Waals surface area contributed by atoms with Crippen LogP contribution in [0.3, 0.4) is 0 Å². The minimum Gasteiger partial charge on any atom is -0.488 e. The van der Waals surface area contributed by atoms with E-state index in [-0.39, 0.29) is 12.4 Å². The van der Waals surface area contributed by atoms with Gasteiger partial charge in [-0.05, 0) is 46.6 Å². The van der Waals surface area contributed by atoms with Crippen LogP contribution in [0, 0.1) is 0 Å². The molecule has 2 aromatic carbocycles. The number of benzene rings is 2. The molecule has 0 saturated heterocycles. The molecule has 0 radical (unpaired) electrons. The van der Waals surface area contributed by atoms with Gasteiger partial charge in [-0.3, -0.25) is 4.79 Å². The van der Waals surface area contributed by atoms with Crippen LogP contribution in [0.1, 0.15) is 18.1 Å². The van der Waals surface area contributed by atoms with Crippen molar-refractivity contribution in [3.63, 3.8) is 0 Å². The second kappa shape index (κ2) is 8.97. The summed E-state index contributed by atoms with van der Waals surface area (Å²) in [6, 6.07) is 16.0. The van der Waals surface area contributed by atoms with Crippen LogP contribution in [0.5, 0.6) is 0 Å². The number of allylic oxidation sites excluding steroid dienone is 1. The van der Waals surface area contributed by atoms with Crippen molar-refractivity contribution in [2.75, 3.05) is 6.61 Å². The molecule has 1 heterocycles. The second-order valence-electron chi connectivity index (χ2n) is 5.79. The standard InChI is InChI=1S/C21H21ClO3S/c1-2-24-21(23)12-17-8-9-19(13-20(17)22)26-11-10-18(15-26)25-14-16-6-4-3-5-7-16/h3-11,13,15,26H,2,12,14H2,1H3. The van der Waals surface area contributed by atoms with E-state index in [0.717, 1.165) is 21.8 Å². The monoisotopic (exact) mass is 388 g/mol. The minimum absolute atomic E-state index is 0.196. The third-order valence-electron chi connectivity index (χ3n) is 3.89. The van der Waals surface area contributed by atoms with Gasteiger partial charge in [0.15, 0.2) is 0 Å². The third kappa shape index (κ3) is 4.93. The maximum atomic E-state index is 11.6. The average Bonchev–Trinajstić information content (AvgIpc) is 3.12. The van der Waals surface area contributed by atoms with Gasteiger partial charge in [0.25, 0.3) is 0 Å². The predicted octanol–water partition coefficient (Wildman–Crippen LogP) is 5.39. The summed E-state index contributed by atoms with van der Waals surface area (Å²) >= 11 is 6.36. The zero-order chi connectivity index (χ0) is 18.4. The number of carbonyl (C=O) groups excluding carboxylic acids is 1. The Labute approximate surface area is 161 Å². The van der Waals surface area contributed by atoms with Crippen LogP contribution >= 0.6 is 22.5 Å². The van der Waals surface area contributed by atoms with Crippen molar-refractivity contribution in [2.45, 2.75) is 24.8 Å². The fraction of sp³-hybridized carbons (Fsp3) is 0.190. The molecule has 0 fully saturated rings. The van der Waals surface area contributed by atoms with E-state index in [1.165, 1.54) is 0 Å². The van der Waals surface area contributed by atoms with E-state index >= 15 is 0 Å². The van der Waals surface area contributed by atoms with Crippen molar-refractivity contribution < 1.29 is 14.3 Å². The van der Waals surface area contributed by atoms with Crippen LogP contribution in [0.4, 0.5) is 0 Å². The first kappa shape index (κ1) is 18.6. The Kier molecular flexibility index (Phi) is 6.42. The van der Waals surface area contributed by atoms with Crippen LogP contribution in [-0.4, -0.2) is 12.6 Å². The fourth-order valence-corrected chi connectivity index (χ4v) is 4.57. The molecular formula is C21H21ClO3S. The maximum Gasteiger partial charge on any atom is 0.310 e. The Bertz CT molecular complexity index is 830. The van der Waals surface area contributed by atoms with Gasteiger partial charge < -0.3 is 9.47 Å². The molecular weight excluding hydrogens is 368 g/mol. The van der Waals surface area contributed by atoms with Crippen molar-refractivity contribution >= 4 is 28.5 Å². The first-order chi connectivity index (χ1) is 12.7. The fourth-order valence-electron chi connectivity index (χ4n) is 2.57. The van der Waals surface area contributed by atoms with Crippen LogP contribution in [0.25, 0.3) is 0 Å². The van der Waals surface area contributed by atoms with Gasteiger partial charge in [0.1, 0.15) is 12.4 Å². The number of hydrogen-bond donors (Lipinski definition) is 1. The topological polar surface area (TPSA) is 35.5 Å². The molecule has 136 valence electrons. The highest BCUT2D eigenvalue weighted by Gasteiger charge is 2.13. The molecule has 0 amide bonds. The summed E-state index contributed by atoms with van der Waals surface area (Å²) in [4.78, 5) is 12.8. The summed E-state index contributed by atoms with van der Waals surface area (Å²) in [5.41, 5.74) is 1.93. The summed E-state index contributed by atoms with van der Waals surface area (Å²) < 4.78 is 10.8. The lowest BCUT2D eigenvalue weighted by atomic mass is 10.1. The largest absolute Gasteiger partial charge is 0.488 e. The molecule has 0 N–H and O–H groups in total. The molecule has 0 aliphatic carbocycles. The van der Waals surface area contributed by atoms with Gasteiger partial charge >= 0.3 is 5.97 Å². The SMILES string of the molecule is CCOC(=O)Cc1ccc([SH]2C=CC(OCc3ccccc3)=C2)cc1Cl. The van der Waals surface area contributed by atoms with Crippen molar-refractivity contribution in [3.8, 4) is 0 Å². The van der Waals surface area contributed by atoms with Crippen molar-refractivity contribution in [1.29, 1.82) is 0 Å². The molecule has 0 spiro atoms. The zero-order valence-corrected chi connectivity index (χ0v) is 16.2. The molecule has 26 heavy (non-hydrogen) atoms. The van der Waals surface area contributed by atoms with E-state index in [1.807, 2.05) is 54.6 Å². The lowest BCUT2D eigenvalue weighted by molar-refractivity contribution is -0.142.